The van der Waals surface area contributed by atoms with Crippen LogP contribution in [0.4, 0.5) is 4.79 Å². The number of rotatable bonds is 5. The Bertz CT molecular complexity index is 325. The van der Waals surface area contributed by atoms with E-state index in [1.165, 1.54) is 0 Å². The lowest BCUT2D eigenvalue weighted by Crippen LogP contribution is -2.45. The number of aliphatic carboxylic acids is 1. The molecule has 0 rings (SSSR count). The number of carbonyl (C=O) groups is 2. The first-order valence-corrected chi connectivity index (χ1v) is 4.81. The minimum absolute atomic E-state index is 0.0363. The van der Waals surface area contributed by atoms with E-state index >= 15 is 0 Å². The smallest absolute Gasteiger partial charge is 0.327 e. The molecule has 5 heteroatoms. The van der Waals surface area contributed by atoms with Gasteiger partial charge in [0.2, 0.25) is 0 Å². The van der Waals surface area contributed by atoms with Gasteiger partial charge in [0.05, 0.1) is 0 Å². The van der Waals surface area contributed by atoms with Crippen LogP contribution in [-0.4, -0.2) is 29.7 Å². The van der Waals surface area contributed by atoms with Crippen LogP contribution < -0.4 is 10.6 Å². The summed E-state index contributed by atoms with van der Waals surface area (Å²) >= 11 is 0. The SMILES string of the molecule is C#CCC(NC(=O)NCC=C(C)C)C(=O)O. The highest BCUT2D eigenvalue weighted by molar-refractivity contribution is 5.82. The van der Waals surface area contributed by atoms with Gasteiger partial charge in [-0.15, -0.1) is 12.3 Å². The van der Waals surface area contributed by atoms with Crippen molar-refractivity contribution in [2.45, 2.75) is 26.3 Å². The Morgan fingerprint density at radius 1 is 1.50 bits per heavy atom. The largest absolute Gasteiger partial charge is 0.480 e. The standard InChI is InChI=1S/C11H16N2O3/c1-4-5-9(10(14)15)13-11(16)12-7-6-8(2)3/h1,6,9H,5,7H2,2-3H3,(H,14,15)(H2,12,13,16). The Balaban J connectivity index is 4.06. The Morgan fingerprint density at radius 3 is 2.56 bits per heavy atom. The fourth-order valence-corrected chi connectivity index (χ4v) is 0.875. The summed E-state index contributed by atoms with van der Waals surface area (Å²) in [7, 11) is 0. The molecule has 0 aromatic rings. The van der Waals surface area contributed by atoms with Gasteiger partial charge < -0.3 is 15.7 Å². The number of carbonyl (C=O) groups excluding carboxylic acids is 1. The number of hydrogen-bond acceptors (Lipinski definition) is 2. The first-order chi connectivity index (χ1) is 7.47. The number of terminal acetylenes is 1. The highest BCUT2D eigenvalue weighted by Crippen LogP contribution is 1.90. The van der Waals surface area contributed by atoms with Crippen molar-refractivity contribution >= 4 is 12.0 Å². The van der Waals surface area contributed by atoms with E-state index in [4.69, 9.17) is 11.5 Å². The Labute approximate surface area is 94.9 Å². The zero-order valence-corrected chi connectivity index (χ0v) is 9.41. The molecule has 0 aliphatic carbocycles. The van der Waals surface area contributed by atoms with Crippen LogP contribution in [-0.2, 0) is 4.79 Å². The van der Waals surface area contributed by atoms with E-state index in [1.807, 2.05) is 19.9 Å². The molecule has 0 aliphatic rings. The fraction of sp³-hybridized carbons (Fsp3) is 0.455. The van der Waals surface area contributed by atoms with Gasteiger partial charge >= 0.3 is 12.0 Å². The van der Waals surface area contributed by atoms with Crippen LogP contribution in [0.1, 0.15) is 20.3 Å². The highest BCUT2D eigenvalue weighted by Gasteiger charge is 2.17. The molecule has 0 saturated carbocycles. The molecule has 0 saturated heterocycles. The maximum atomic E-state index is 11.2. The number of urea groups is 1. The number of allylic oxidation sites excluding steroid dienone is 1. The second-order valence-corrected chi connectivity index (χ2v) is 3.43. The molecule has 0 fully saturated rings. The third-order valence-corrected chi connectivity index (χ3v) is 1.70. The van der Waals surface area contributed by atoms with Gasteiger partial charge in [0, 0.05) is 13.0 Å². The lowest BCUT2D eigenvalue weighted by atomic mass is 10.2. The molecule has 0 aliphatic heterocycles. The van der Waals surface area contributed by atoms with Gasteiger partial charge in [-0.25, -0.2) is 9.59 Å². The Morgan fingerprint density at radius 2 is 2.12 bits per heavy atom. The van der Waals surface area contributed by atoms with Crippen molar-refractivity contribution < 1.29 is 14.7 Å². The second-order valence-electron chi connectivity index (χ2n) is 3.43. The van der Waals surface area contributed by atoms with Gasteiger partial charge in [-0.2, -0.15) is 0 Å². The third-order valence-electron chi connectivity index (χ3n) is 1.70. The van der Waals surface area contributed by atoms with E-state index in [2.05, 4.69) is 16.6 Å². The van der Waals surface area contributed by atoms with Gasteiger partial charge in [0.25, 0.3) is 0 Å². The molecule has 2 amide bonds. The summed E-state index contributed by atoms with van der Waals surface area (Å²) in [5.74, 6) is 1.05. The predicted molar refractivity (Wildman–Crippen MR) is 60.8 cm³/mol. The number of carboxylic acid groups (broad SMARTS) is 1. The van der Waals surface area contributed by atoms with Gasteiger partial charge in [0.15, 0.2) is 0 Å². The van der Waals surface area contributed by atoms with Crippen molar-refractivity contribution in [3.8, 4) is 12.3 Å². The average molecular weight is 224 g/mol. The summed E-state index contributed by atoms with van der Waals surface area (Å²) in [5, 5.41) is 13.5. The third kappa shape index (κ3) is 6.49. The highest BCUT2D eigenvalue weighted by atomic mass is 16.4. The van der Waals surface area contributed by atoms with Gasteiger partial charge in [0.1, 0.15) is 6.04 Å². The van der Waals surface area contributed by atoms with Crippen molar-refractivity contribution in [2.75, 3.05) is 6.54 Å². The maximum absolute atomic E-state index is 11.2. The van der Waals surface area contributed by atoms with Crippen LogP contribution >= 0.6 is 0 Å². The maximum Gasteiger partial charge on any atom is 0.327 e. The zero-order chi connectivity index (χ0) is 12.6. The minimum atomic E-state index is -1.14. The summed E-state index contributed by atoms with van der Waals surface area (Å²) in [6, 6.07) is -1.59. The van der Waals surface area contributed by atoms with Crippen molar-refractivity contribution in [1.82, 2.24) is 10.6 Å². The molecule has 3 N–H and O–H groups in total. The summed E-state index contributed by atoms with van der Waals surface area (Å²) in [4.78, 5) is 21.9. The molecule has 0 spiro atoms. The molecule has 5 nitrogen and oxygen atoms in total. The van der Waals surface area contributed by atoms with E-state index in [0.29, 0.717) is 6.54 Å². The molecular weight excluding hydrogens is 208 g/mol. The first kappa shape index (κ1) is 14.0. The van der Waals surface area contributed by atoms with E-state index in [0.717, 1.165) is 5.57 Å². The molecule has 0 bridgehead atoms. The fourth-order valence-electron chi connectivity index (χ4n) is 0.875. The number of amides is 2. The predicted octanol–water partition coefficient (Wildman–Crippen LogP) is 0.728. The summed E-state index contributed by atoms with van der Waals surface area (Å²) in [6.07, 6.45) is 6.77. The molecule has 1 atom stereocenters. The van der Waals surface area contributed by atoms with Gasteiger partial charge in [-0.3, -0.25) is 0 Å². The van der Waals surface area contributed by atoms with Gasteiger partial charge in [-0.1, -0.05) is 11.6 Å². The van der Waals surface area contributed by atoms with Crippen LogP contribution in [0, 0.1) is 12.3 Å². The molecule has 0 aromatic carbocycles. The van der Waals surface area contributed by atoms with Crippen molar-refractivity contribution in [1.29, 1.82) is 0 Å². The van der Waals surface area contributed by atoms with Crippen LogP contribution in [0.15, 0.2) is 11.6 Å². The first-order valence-electron chi connectivity index (χ1n) is 4.81. The van der Waals surface area contributed by atoms with Crippen molar-refractivity contribution in [3.63, 3.8) is 0 Å². The lowest BCUT2D eigenvalue weighted by molar-refractivity contribution is -0.139. The second kappa shape index (κ2) is 7.35. The molecular formula is C11H16N2O3. The molecule has 0 aromatic heterocycles. The van der Waals surface area contributed by atoms with E-state index in [1.54, 1.807) is 0 Å². The summed E-state index contributed by atoms with van der Waals surface area (Å²) in [6.45, 7) is 4.16. The summed E-state index contributed by atoms with van der Waals surface area (Å²) in [5.41, 5.74) is 1.07. The zero-order valence-electron chi connectivity index (χ0n) is 9.41. The van der Waals surface area contributed by atoms with E-state index in [9.17, 15) is 9.59 Å². The van der Waals surface area contributed by atoms with Crippen LogP contribution in [0.5, 0.6) is 0 Å². The van der Waals surface area contributed by atoms with Crippen molar-refractivity contribution in [2.24, 2.45) is 0 Å². The molecule has 1 unspecified atom stereocenters. The minimum Gasteiger partial charge on any atom is -0.480 e. The van der Waals surface area contributed by atoms with Crippen LogP contribution in [0.3, 0.4) is 0 Å². The normalized spacial score (nSPS) is 10.8. The Kier molecular flexibility index (Phi) is 6.45. The molecule has 88 valence electrons. The molecule has 16 heavy (non-hydrogen) atoms. The quantitative estimate of drug-likeness (QED) is 0.476. The average Bonchev–Trinajstić information content (AvgIpc) is 2.16. The van der Waals surface area contributed by atoms with E-state index in [-0.39, 0.29) is 6.42 Å². The van der Waals surface area contributed by atoms with Crippen LogP contribution in [0.25, 0.3) is 0 Å². The number of carboxylic acids is 1. The number of nitrogens with one attached hydrogen (secondary N) is 2. The van der Waals surface area contributed by atoms with Gasteiger partial charge in [-0.05, 0) is 13.8 Å². The molecule has 0 radical (unpaired) electrons. The monoisotopic (exact) mass is 224 g/mol. The Hall–Kier alpha value is -1.96. The lowest BCUT2D eigenvalue weighted by Gasteiger charge is -2.11. The topological polar surface area (TPSA) is 78.4 Å². The summed E-state index contributed by atoms with van der Waals surface area (Å²) < 4.78 is 0. The van der Waals surface area contributed by atoms with Crippen LogP contribution in [0.2, 0.25) is 0 Å². The molecule has 0 heterocycles. The van der Waals surface area contributed by atoms with Crippen molar-refractivity contribution in [3.05, 3.63) is 11.6 Å². The number of hydrogen-bond donors (Lipinski definition) is 3. The van der Waals surface area contributed by atoms with E-state index < -0.39 is 18.0 Å².